The molecule has 1 aliphatic heterocycles. The number of primary amides is 1. The average Bonchev–Trinajstić information content (AvgIpc) is 3.37. The third-order valence-electron chi connectivity index (χ3n) is 4.44. The van der Waals surface area contributed by atoms with Crippen molar-refractivity contribution in [2.24, 2.45) is 17.6 Å². The average molecular weight is 302 g/mol. The molecule has 0 unspecified atom stereocenters. The van der Waals surface area contributed by atoms with E-state index >= 15 is 0 Å². The molecule has 118 valence electrons. The second-order valence-corrected chi connectivity index (χ2v) is 6.28. The van der Waals surface area contributed by atoms with Gasteiger partial charge in [0.1, 0.15) is 0 Å². The van der Waals surface area contributed by atoms with E-state index in [9.17, 15) is 9.59 Å². The zero-order valence-corrected chi connectivity index (χ0v) is 12.7. The molecule has 1 aromatic carbocycles. The summed E-state index contributed by atoms with van der Waals surface area (Å²) in [6.45, 7) is 2.10. The van der Waals surface area contributed by atoms with Crippen molar-refractivity contribution in [1.82, 2.24) is 0 Å². The molecule has 22 heavy (non-hydrogen) atoms. The summed E-state index contributed by atoms with van der Waals surface area (Å²) in [4.78, 5) is 25.4. The Hall–Kier alpha value is -2.04. The van der Waals surface area contributed by atoms with Gasteiger partial charge in [0.15, 0.2) is 0 Å². The molecule has 0 radical (unpaired) electrons. The van der Waals surface area contributed by atoms with Crippen molar-refractivity contribution in [3.63, 3.8) is 0 Å². The van der Waals surface area contributed by atoms with Gasteiger partial charge in [0.25, 0.3) is 0 Å². The zero-order chi connectivity index (χ0) is 15.5. The summed E-state index contributed by atoms with van der Waals surface area (Å²) in [5, 5.41) is 0. The SMILES string of the molecule is NC(=O)[C@H]1CCCN(c2ccc(C(=O)OCC3CC3)cc2)C1. The quantitative estimate of drug-likeness (QED) is 0.844. The van der Waals surface area contributed by atoms with Crippen LogP contribution in [0, 0.1) is 11.8 Å². The summed E-state index contributed by atoms with van der Waals surface area (Å²) in [5.41, 5.74) is 7.00. The molecule has 1 aromatic rings. The van der Waals surface area contributed by atoms with Gasteiger partial charge < -0.3 is 15.4 Å². The molecule has 3 rings (SSSR count). The Morgan fingerprint density at radius 1 is 1.18 bits per heavy atom. The first-order valence-electron chi connectivity index (χ1n) is 7.95. The largest absolute Gasteiger partial charge is 0.462 e. The van der Waals surface area contributed by atoms with E-state index in [1.807, 2.05) is 12.1 Å². The van der Waals surface area contributed by atoms with Crippen LogP contribution in [0.1, 0.15) is 36.0 Å². The number of nitrogens with two attached hydrogens (primary N) is 1. The number of anilines is 1. The lowest BCUT2D eigenvalue weighted by molar-refractivity contribution is -0.122. The first-order valence-corrected chi connectivity index (χ1v) is 7.95. The van der Waals surface area contributed by atoms with Crippen LogP contribution in [0.5, 0.6) is 0 Å². The van der Waals surface area contributed by atoms with Gasteiger partial charge in [-0.3, -0.25) is 4.79 Å². The van der Waals surface area contributed by atoms with E-state index in [1.165, 1.54) is 12.8 Å². The molecule has 0 spiro atoms. The van der Waals surface area contributed by atoms with E-state index in [0.29, 0.717) is 24.6 Å². The Balaban J connectivity index is 1.60. The number of piperidine rings is 1. The fourth-order valence-electron chi connectivity index (χ4n) is 2.81. The molecule has 5 nitrogen and oxygen atoms in total. The third-order valence-corrected chi connectivity index (χ3v) is 4.44. The lowest BCUT2D eigenvalue weighted by Gasteiger charge is -2.33. The van der Waals surface area contributed by atoms with Crippen LogP contribution >= 0.6 is 0 Å². The van der Waals surface area contributed by atoms with E-state index in [2.05, 4.69) is 4.90 Å². The minimum Gasteiger partial charge on any atom is -0.462 e. The summed E-state index contributed by atoms with van der Waals surface area (Å²) < 4.78 is 5.27. The second kappa shape index (κ2) is 6.38. The summed E-state index contributed by atoms with van der Waals surface area (Å²) in [5.74, 6) is -0.00341. The van der Waals surface area contributed by atoms with Crippen LogP contribution in [0.25, 0.3) is 0 Å². The Bertz CT molecular complexity index is 552. The normalized spacial score (nSPS) is 21.5. The number of rotatable bonds is 5. The van der Waals surface area contributed by atoms with Gasteiger partial charge in [-0.15, -0.1) is 0 Å². The van der Waals surface area contributed by atoms with Crippen LogP contribution in [0.15, 0.2) is 24.3 Å². The number of ether oxygens (including phenoxy) is 1. The van der Waals surface area contributed by atoms with Crippen LogP contribution in [0.2, 0.25) is 0 Å². The molecule has 2 aliphatic rings. The van der Waals surface area contributed by atoms with Gasteiger partial charge in [0, 0.05) is 18.8 Å². The summed E-state index contributed by atoms with van der Waals surface area (Å²) in [6, 6.07) is 7.41. The van der Waals surface area contributed by atoms with Crippen LogP contribution in [-0.2, 0) is 9.53 Å². The van der Waals surface area contributed by atoms with Gasteiger partial charge in [-0.05, 0) is 55.9 Å². The Labute approximate surface area is 130 Å². The second-order valence-electron chi connectivity index (χ2n) is 6.28. The van der Waals surface area contributed by atoms with Crippen LogP contribution in [0.3, 0.4) is 0 Å². The highest BCUT2D eigenvalue weighted by Gasteiger charge is 2.25. The highest BCUT2D eigenvalue weighted by molar-refractivity contribution is 5.89. The van der Waals surface area contributed by atoms with E-state index in [1.54, 1.807) is 12.1 Å². The standard InChI is InChI=1S/C17H22N2O3/c18-16(20)14-2-1-9-19(10-14)15-7-5-13(6-8-15)17(21)22-11-12-3-4-12/h5-8,12,14H,1-4,9-11H2,(H2,18,20)/t14-/m0/s1. The minimum absolute atomic E-state index is 0.0862. The van der Waals surface area contributed by atoms with Crippen LogP contribution in [-0.4, -0.2) is 31.6 Å². The van der Waals surface area contributed by atoms with Gasteiger partial charge in [-0.2, -0.15) is 0 Å². The fourth-order valence-corrected chi connectivity index (χ4v) is 2.81. The first-order chi connectivity index (χ1) is 10.6. The van der Waals surface area contributed by atoms with Crippen molar-refractivity contribution >= 4 is 17.6 Å². The Kier molecular flexibility index (Phi) is 4.32. The highest BCUT2D eigenvalue weighted by atomic mass is 16.5. The number of hydrogen-bond acceptors (Lipinski definition) is 4. The maximum Gasteiger partial charge on any atom is 0.338 e. The number of amides is 1. The number of nitrogens with zero attached hydrogens (tertiary/aromatic N) is 1. The number of carbonyl (C=O) groups is 2. The summed E-state index contributed by atoms with van der Waals surface area (Å²) >= 11 is 0. The molecule has 2 fully saturated rings. The number of benzene rings is 1. The Morgan fingerprint density at radius 3 is 2.55 bits per heavy atom. The van der Waals surface area contributed by atoms with Crippen LogP contribution in [0.4, 0.5) is 5.69 Å². The lowest BCUT2D eigenvalue weighted by Crippen LogP contribution is -2.41. The van der Waals surface area contributed by atoms with E-state index in [0.717, 1.165) is 25.1 Å². The molecule has 0 bridgehead atoms. The topological polar surface area (TPSA) is 72.6 Å². The van der Waals surface area contributed by atoms with Gasteiger partial charge in [0.05, 0.1) is 18.1 Å². The summed E-state index contributed by atoms with van der Waals surface area (Å²) in [7, 11) is 0. The number of hydrogen-bond donors (Lipinski definition) is 1. The molecule has 1 aliphatic carbocycles. The van der Waals surface area contributed by atoms with Crippen molar-refractivity contribution in [3.05, 3.63) is 29.8 Å². The maximum absolute atomic E-state index is 11.9. The third kappa shape index (κ3) is 3.59. The molecular formula is C17H22N2O3. The van der Waals surface area contributed by atoms with Gasteiger partial charge in [-0.25, -0.2) is 4.79 Å². The molecular weight excluding hydrogens is 280 g/mol. The Morgan fingerprint density at radius 2 is 1.91 bits per heavy atom. The smallest absolute Gasteiger partial charge is 0.338 e. The van der Waals surface area contributed by atoms with Crippen molar-refractivity contribution < 1.29 is 14.3 Å². The number of esters is 1. The van der Waals surface area contributed by atoms with Crippen LogP contribution < -0.4 is 10.6 Å². The van der Waals surface area contributed by atoms with Gasteiger partial charge in [0.2, 0.25) is 5.91 Å². The van der Waals surface area contributed by atoms with Crippen molar-refractivity contribution in [2.75, 3.05) is 24.6 Å². The predicted molar refractivity (Wildman–Crippen MR) is 83.6 cm³/mol. The zero-order valence-electron chi connectivity index (χ0n) is 12.7. The molecule has 0 aromatic heterocycles. The minimum atomic E-state index is -0.257. The van der Waals surface area contributed by atoms with E-state index < -0.39 is 0 Å². The fraction of sp³-hybridized carbons (Fsp3) is 0.529. The molecule has 1 heterocycles. The maximum atomic E-state index is 11.9. The molecule has 5 heteroatoms. The molecule has 1 saturated carbocycles. The van der Waals surface area contributed by atoms with Crippen molar-refractivity contribution in [2.45, 2.75) is 25.7 Å². The monoisotopic (exact) mass is 302 g/mol. The first kappa shape index (κ1) is 14.9. The molecule has 1 amide bonds. The van der Waals surface area contributed by atoms with E-state index in [-0.39, 0.29) is 17.8 Å². The van der Waals surface area contributed by atoms with Crippen molar-refractivity contribution in [1.29, 1.82) is 0 Å². The number of carbonyl (C=O) groups excluding carboxylic acids is 2. The predicted octanol–water partition coefficient (Wildman–Crippen LogP) is 1.96. The van der Waals surface area contributed by atoms with Crippen molar-refractivity contribution in [3.8, 4) is 0 Å². The lowest BCUT2D eigenvalue weighted by atomic mass is 9.97. The van der Waals surface area contributed by atoms with Gasteiger partial charge >= 0.3 is 5.97 Å². The molecule has 2 N–H and O–H groups in total. The highest BCUT2D eigenvalue weighted by Crippen LogP contribution is 2.29. The van der Waals surface area contributed by atoms with Gasteiger partial charge in [-0.1, -0.05) is 0 Å². The summed E-state index contributed by atoms with van der Waals surface area (Å²) in [6.07, 6.45) is 4.15. The molecule has 1 saturated heterocycles. The van der Waals surface area contributed by atoms with E-state index in [4.69, 9.17) is 10.5 Å². The molecule has 1 atom stereocenters.